The maximum atomic E-state index is 12.6. The second-order valence-electron chi connectivity index (χ2n) is 6.05. The van der Waals surface area contributed by atoms with Gasteiger partial charge in [-0.15, -0.1) is 0 Å². The number of rotatable bonds is 3. The molecule has 7 nitrogen and oxygen atoms in total. The predicted molar refractivity (Wildman–Crippen MR) is 95.6 cm³/mol. The summed E-state index contributed by atoms with van der Waals surface area (Å²) >= 11 is 0. The number of benzene rings is 2. The van der Waals surface area contributed by atoms with Crippen LogP contribution < -0.4 is 10.6 Å². The van der Waals surface area contributed by atoms with Crippen molar-refractivity contribution in [2.75, 3.05) is 5.32 Å². The third kappa shape index (κ3) is 2.90. The van der Waals surface area contributed by atoms with Gasteiger partial charge in [0.15, 0.2) is 0 Å². The van der Waals surface area contributed by atoms with Gasteiger partial charge in [-0.05, 0) is 29.8 Å². The lowest BCUT2D eigenvalue weighted by Gasteiger charge is -2.26. The van der Waals surface area contributed by atoms with Crippen LogP contribution in [-0.4, -0.2) is 27.1 Å². The fourth-order valence-corrected chi connectivity index (χ4v) is 3.04. The molecule has 0 aliphatic carbocycles. The SMILES string of the molecule is O=C1CC(NC(=O)c2cc(-c3ccccc3O)n[nH]2)c2ccccc2N1. The van der Waals surface area contributed by atoms with E-state index >= 15 is 0 Å². The van der Waals surface area contributed by atoms with Crippen molar-refractivity contribution >= 4 is 17.5 Å². The molecule has 4 N–H and O–H groups in total. The van der Waals surface area contributed by atoms with Crippen molar-refractivity contribution in [2.45, 2.75) is 12.5 Å². The lowest BCUT2D eigenvalue weighted by Crippen LogP contribution is -2.35. The Labute approximate surface area is 149 Å². The Morgan fingerprint density at radius 2 is 1.92 bits per heavy atom. The van der Waals surface area contributed by atoms with Crippen LogP contribution in [0.2, 0.25) is 0 Å². The minimum atomic E-state index is -0.413. The highest BCUT2D eigenvalue weighted by molar-refractivity contribution is 5.97. The van der Waals surface area contributed by atoms with Gasteiger partial charge in [-0.25, -0.2) is 0 Å². The van der Waals surface area contributed by atoms with Gasteiger partial charge >= 0.3 is 0 Å². The predicted octanol–water partition coefficient (Wildman–Crippen LogP) is 2.60. The van der Waals surface area contributed by atoms with E-state index in [1.807, 2.05) is 18.2 Å². The molecular weight excluding hydrogens is 332 g/mol. The van der Waals surface area contributed by atoms with E-state index in [0.717, 1.165) is 5.56 Å². The Balaban J connectivity index is 1.57. The number of hydrogen-bond donors (Lipinski definition) is 4. The van der Waals surface area contributed by atoms with Crippen LogP contribution in [0, 0.1) is 0 Å². The van der Waals surface area contributed by atoms with Crippen LogP contribution in [0.15, 0.2) is 54.6 Å². The number of phenols is 1. The number of fused-ring (bicyclic) bond motifs is 1. The van der Waals surface area contributed by atoms with Crippen molar-refractivity contribution in [3.05, 3.63) is 65.9 Å². The summed E-state index contributed by atoms with van der Waals surface area (Å²) in [6, 6.07) is 15.3. The first-order chi connectivity index (χ1) is 12.6. The number of nitrogens with zero attached hydrogens (tertiary/aromatic N) is 1. The molecule has 0 spiro atoms. The van der Waals surface area contributed by atoms with Gasteiger partial charge in [0.2, 0.25) is 5.91 Å². The molecule has 0 bridgehead atoms. The molecule has 0 fully saturated rings. The number of aromatic hydroxyl groups is 1. The smallest absolute Gasteiger partial charge is 0.269 e. The summed E-state index contributed by atoms with van der Waals surface area (Å²) in [5.74, 6) is -0.425. The van der Waals surface area contributed by atoms with Crippen LogP contribution in [0.25, 0.3) is 11.3 Å². The van der Waals surface area contributed by atoms with E-state index in [9.17, 15) is 14.7 Å². The highest BCUT2D eigenvalue weighted by Gasteiger charge is 2.27. The molecule has 1 atom stereocenters. The summed E-state index contributed by atoms with van der Waals surface area (Å²) in [4.78, 5) is 24.5. The molecule has 2 aromatic carbocycles. The highest BCUT2D eigenvalue weighted by atomic mass is 16.3. The first-order valence-electron chi connectivity index (χ1n) is 8.15. The van der Waals surface area contributed by atoms with Crippen molar-refractivity contribution in [3.63, 3.8) is 0 Å². The van der Waals surface area contributed by atoms with E-state index in [2.05, 4.69) is 20.8 Å². The topological polar surface area (TPSA) is 107 Å². The summed E-state index contributed by atoms with van der Waals surface area (Å²) in [7, 11) is 0. The summed E-state index contributed by atoms with van der Waals surface area (Å²) in [5.41, 5.74) is 2.82. The van der Waals surface area contributed by atoms with Crippen LogP contribution in [0.5, 0.6) is 5.75 Å². The van der Waals surface area contributed by atoms with Crippen molar-refractivity contribution < 1.29 is 14.7 Å². The van der Waals surface area contributed by atoms with Gasteiger partial charge in [0.1, 0.15) is 11.4 Å². The number of amides is 2. The van der Waals surface area contributed by atoms with Crippen molar-refractivity contribution in [3.8, 4) is 17.0 Å². The number of anilines is 1. The third-order valence-electron chi connectivity index (χ3n) is 4.31. The number of carbonyl (C=O) groups excluding carboxylic acids is 2. The first-order valence-corrected chi connectivity index (χ1v) is 8.15. The van der Waals surface area contributed by atoms with E-state index in [-0.39, 0.29) is 29.7 Å². The van der Waals surface area contributed by atoms with Gasteiger partial charge in [0.05, 0.1) is 18.2 Å². The second-order valence-corrected chi connectivity index (χ2v) is 6.05. The van der Waals surface area contributed by atoms with E-state index in [1.54, 1.807) is 36.4 Å². The minimum Gasteiger partial charge on any atom is -0.507 e. The molecule has 130 valence electrons. The van der Waals surface area contributed by atoms with Crippen LogP contribution in [0.3, 0.4) is 0 Å². The van der Waals surface area contributed by atoms with E-state index in [0.29, 0.717) is 16.9 Å². The summed E-state index contributed by atoms with van der Waals surface area (Å²) < 4.78 is 0. The second kappa shape index (κ2) is 6.36. The summed E-state index contributed by atoms with van der Waals surface area (Å²) in [5, 5.41) is 22.4. The van der Waals surface area contributed by atoms with Crippen LogP contribution >= 0.6 is 0 Å². The fraction of sp³-hybridized carbons (Fsp3) is 0.105. The first kappa shape index (κ1) is 15.9. The molecule has 1 unspecified atom stereocenters. The molecule has 0 saturated heterocycles. The van der Waals surface area contributed by atoms with E-state index in [4.69, 9.17) is 0 Å². The average Bonchev–Trinajstić information content (AvgIpc) is 3.12. The normalized spacial score (nSPS) is 15.8. The van der Waals surface area contributed by atoms with Crippen LogP contribution in [-0.2, 0) is 4.79 Å². The van der Waals surface area contributed by atoms with Crippen LogP contribution in [0.1, 0.15) is 28.5 Å². The van der Waals surface area contributed by atoms with Gasteiger partial charge < -0.3 is 15.7 Å². The fourth-order valence-electron chi connectivity index (χ4n) is 3.04. The zero-order valence-corrected chi connectivity index (χ0v) is 13.7. The van der Waals surface area contributed by atoms with E-state index in [1.165, 1.54) is 0 Å². The number of aromatic amines is 1. The zero-order valence-electron chi connectivity index (χ0n) is 13.7. The third-order valence-corrected chi connectivity index (χ3v) is 4.31. The summed E-state index contributed by atoms with van der Waals surface area (Å²) in [6.45, 7) is 0. The maximum Gasteiger partial charge on any atom is 0.269 e. The molecule has 2 heterocycles. The van der Waals surface area contributed by atoms with Gasteiger partial charge in [0.25, 0.3) is 5.91 Å². The molecule has 3 aromatic rings. The standard InChI is InChI=1S/C19H16N4O3/c24-17-8-4-2-6-12(17)15-9-16(23-22-15)19(26)21-14-10-18(25)20-13-7-3-1-5-11(13)14/h1-9,14,24H,10H2,(H,20,25)(H,21,26)(H,22,23). The molecule has 0 saturated carbocycles. The Bertz CT molecular complexity index is 996. The number of para-hydroxylation sites is 2. The van der Waals surface area contributed by atoms with Crippen molar-refractivity contribution in [1.29, 1.82) is 0 Å². The number of nitrogens with one attached hydrogen (secondary N) is 3. The minimum absolute atomic E-state index is 0.0869. The lowest BCUT2D eigenvalue weighted by atomic mass is 9.97. The molecule has 1 aromatic heterocycles. The number of phenolic OH excluding ortho intramolecular Hbond substituents is 1. The zero-order chi connectivity index (χ0) is 18.1. The van der Waals surface area contributed by atoms with Crippen LogP contribution in [0.4, 0.5) is 5.69 Å². The largest absolute Gasteiger partial charge is 0.507 e. The van der Waals surface area contributed by atoms with E-state index < -0.39 is 6.04 Å². The number of carbonyl (C=O) groups is 2. The average molecular weight is 348 g/mol. The maximum absolute atomic E-state index is 12.6. The summed E-state index contributed by atoms with van der Waals surface area (Å²) in [6.07, 6.45) is 0.170. The number of hydrogen-bond acceptors (Lipinski definition) is 4. The van der Waals surface area contributed by atoms with Crippen molar-refractivity contribution in [1.82, 2.24) is 15.5 Å². The van der Waals surface area contributed by atoms with Gasteiger partial charge in [-0.2, -0.15) is 5.10 Å². The van der Waals surface area contributed by atoms with Gasteiger partial charge in [0, 0.05) is 11.3 Å². The molecule has 26 heavy (non-hydrogen) atoms. The number of aromatic nitrogens is 2. The molecule has 4 rings (SSSR count). The molecule has 1 aliphatic rings. The molecule has 1 aliphatic heterocycles. The Hall–Kier alpha value is -3.61. The Morgan fingerprint density at radius 3 is 2.77 bits per heavy atom. The monoisotopic (exact) mass is 348 g/mol. The molecule has 0 radical (unpaired) electrons. The van der Waals surface area contributed by atoms with Crippen molar-refractivity contribution in [2.24, 2.45) is 0 Å². The van der Waals surface area contributed by atoms with Gasteiger partial charge in [-0.3, -0.25) is 14.7 Å². The van der Waals surface area contributed by atoms with Gasteiger partial charge in [-0.1, -0.05) is 30.3 Å². The molecule has 7 heteroatoms. The quantitative estimate of drug-likeness (QED) is 0.583. The number of H-pyrrole nitrogens is 1. The lowest BCUT2D eigenvalue weighted by molar-refractivity contribution is -0.116. The molecular formula is C19H16N4O3. The highest BCUT2D eigenvalue weighted by Crippen LogP contribution is 2.31. The Kier molecular flexibility index (Phi) is 3.89. The molecule has 2 amide bonds. The Morgan fingerprint density at radius 1 is 1.15 bits per heavy atom.